The van der Waals surface area contributed by atoms with Crippen LogP contribution in [0.25, 0.3) is 0 Å². The third-order valence-electron chi connectivity index (χ3n) is 2.91. The normalized spacial score (nSPS) is 10.7. The van der Waals surface area contributed by atoms with Crippen molar-refractivity contribution >= 4 is 45.8 Å². The maximum Gasteiger partial charge on any atom is 0.291 e. The van der Waals surface area contributed by atoms with Gasteiger partial charge < -0.3 is 20.8 Å². The van der Waals surface area contributed by atoms with Crippen molar-refractivity contribution in [3.8, 4) is 0 Å². The van der Waals surface area contributed by atoms with Gasteiger partial charge in [0, 0.05) is 23.3 Å². The van der Waals surface area contributed by atoms with Crippen molar-refractivity contribution in [2.75, 3.05) is 11.9 Å². The molecule has 1 aromatic carbocycles. The number of anilines is 1. The fraction of sp³-hybridized carbons (Fsp3) is 0.250. The lowest BCUT2D eigenvalue weighted by Crippen LogP contribution is -2.45. The number of carbonyl (C=O) groups excluding carboxylic acids is 2. The van der Waals surface area contributed by atoms with Crippen LogP contribution in [0.1, 0.15) is 34.8 Å². The number of halogens is 2. The zero-order valence-electron chi connectivity index (χ0n) is 13.3. The van der Waals surface area contributed by atoms with Crippen LogP contribution in [0.4, 0.5) is 5.69 Å². The van der Waals surface area contributed by atoms with Crippen molar-refractivity contribution in [2.45, 2.75) is 19.4 Å². The number of nitrogens with two attached hydrogens (primary N) is 1. The van der Waals surface area contributed by atoms with Gasteiger partial charge in [-0.1, -0.05) is 0 Å². The standard InChI is InChI=1S/C16H18BrN3O3.ClH/c1-16(2,18)9-19-14(21)10-3-5-11(6-4-10)20-15(22)12-7-8-13(17)23-12;/h3-8H,9,18H2,1-2H3,(H,19,21)(H,20,22);1H. The molecule has 2 rings (SSSR count). The van der Waals surface area contributed by atoms with Crippen LogP contribution in [0, 0.1) is 0 Å². The minimum atomic E-state index is -0.471. The van der Waals surface area contributed by atoms with E-state index in [0.717, 1.165) is 0 Å². The maximum absolute atomic E-state index is 12.0. The predicted octanol–water partition coefficient (Wildman–Crippen LogP) is 3.18. The molecule has 0 fully saturated rings. The van der Waals surface area contributed by atoms with Crippen LogP contribution in [0.2, 0.25) is 0 Å². The van der Waals surface area contributed by atoms with E-state index in [1.807, 2.05) is 13.8 Å². The Morgan fingerprint density at radius 1 is 1.12 bits per heavy atom. The van der Waals surface area contributed by atoms with Crippen molar-refractivity contribution in [3.63, 3.8) is 0 Å². The van der Waals surface area contributed by atoms with Crippen LogP contribution in [-0.2, 0) is 0 Å². The third-order valence-corrected chi connectivity index (χ3v) is 3.33. The zero-order chi connectivity index (χ0) is 17.0. The van der Waals surface area contributed by atoms with Gasteiger partial charge in [0.1, 0.15) is 0 Å². The van der Waals surface area contributed by atoms with Gasteiger partial charge in [0.05, 0.1) is 0 Å². The summed E-state index contributed by atoms with van der Waals surface area (Å²) in [5.74, 6) is -0.377. The molecule has 0 radical (unpaired) electrons. The molecular formula is C16H19BrClN3O3. The monoisotopic (exact) mass is 415 g/mol. The summed E-state index contributed by atoms with van der Waals surface area (Å²) in [7, 11) is 0. The summed E-state index contributed by atoms with van der Waals surface area (Å²) >= 11 is 3.14. The summed E-state index contributed by atoms with van der Waals surface area (Å²) in [6, 6.07) is 9.77. The molecular weight excluding hydrogens is 398 g/mol. The lowest BCUT2D eigenvalue weighted by Gasteiger charge is -2.18. The van der Waals surface area contributed by atoms with Gasteiger partial charge in [-0.25, -0.2) is 0 Å². The lowest BCUT2D eigenvalue weighted by atomic mass is 10.1. The number of hydrogen-bond acceptors (Lipinski definition) is 4. The highest BCUT2D eigenvalue weighted by molar-refractivity contribution is 9.10. The molecule has 0 spiro atoms. The smallest absolute Gasteiger partial charge is 0.291 e. The summed E-state index contributed by atoms with van der Waals surface area (Å²) in [6.07, 6.45) is 0. The molecule has 0 atom stereocenters. The Morgan fingerprint density at radius 3 is 2.25 bits per heavy atom. The minimum absolute atomic E-state index is 0. The van der Waals surface area contributed by atoms with Crippen LogP contribution in [0.15, 0.2) is 45.5 Å². The number of amides is 2. The van der Waals surface area contributed by atoms with Crippen LogP contribution < -0.4 is 16.4 Å². The van der Waals surface area contributed by atoms with E-state index in [0.29, 0.717) is 22.5 Å². The maximum atomic E-state index is 12.0. The van der Waals surface area contributed by atoms with Gasteiger partial charge in [0.15, 0.2) is 10.4 Å². The molecule has 24 heavy (non-hydrogen) atoms. The van der Waals surface area contributed by atoms with Crippen molar-refractivity contribution < 1.29 is 14.0 Å². The molecule has 0 saturated carbocycles. The summed E-state index contributed by atoms with van der Waals surface area (Å²) in [5.41, 5.74) is 6.41. The summed E-state index contributed by atoms with van der Waals surface area (Å²) < 4.78 is 5.66. The topological polar surface area (TPSA) is 97.4 Å². The highest BCUT2D eigenvalue weighted by Crippen LogP contribution is 2.16. The molecule has 8 heteroatoms. The molecule has 1 aromatic heterocycles. The molecule has 6 nitrogen and oxygen atoms in total. The second-order valence-electron chi connectivity index (χ2n) is 5.81. The van der Waals surface area contributed by atoms with E-state index in [9.17, 15) is 9.59 Å². The van der Waals surface area contributed by atoms with E-state index in [1.165, 1.54) is 0 Å². The molecule has 1 heterocycles. The zero-order valence-corrected chi connectivity index (χ0v) is 15.7. The van der Waals surface area contributed by atoms with Gasteiger partial charge in [0.2, 0.25) is 0 Å². The average molecular weight is 417 g/mol. The first-order valence-corrected chi connectivity index (χ1v) is 7.78. The van der Waals surface area contributed by atoms with Gasteiger partial charge in [-0.3, -0.25) is 9.59 Å². The summed E-state index contributed by atoms with van der Waals surface area (Å²) in [5, 5.41) is 5.44. The van der Waals surface area contributed by atoms with Gasteiger partial charge in [-0.05, 0) is 66.2 Å². The van der Waals surface area contributed by atoms with E-state index < -0.39 is 5.54 Å². The first-order valence-electron chi connectivity index (χ1n) is 6.98. The van der Waals surface area contributed by atoms with Gasteiger partial charge in [-0.15, -0.1) is 12.4 Å². The highest BCUT2D eigenvalue weighted by atomic mass is 79.9. The molecule has 0 aliphatic heterocycles. The van der Waals surface area contributed by atoms with Gasteiger partial charge in [0.25, 0.3) is 11.8 Å². The summed E-state index contributed by atoms with van der Waals surface area (Å²) in [4.78, 5) is 23.9. The Bertz CT molecular complexity index is 708. The molecule has 2 amide bonds. The summed E-state index contributed by atoms with van der Waals surface area (Å²) in [6.45, 7) is 4.04. The van der Waals surface area contributed by atoms with Crippen molar-refractivity contribution in [3.05, 3.63) is 52.4 Å². The Hall–Kier alpha value is -1.83. The molecule has 0 aliphatic rings. The third kappa shape index (κ3) is 5.99. The van der Waals surface area contributed by atoms with Crippen LogP contribution in [0.5, 0.6) is 0 Å². The number of carbonyl (C=O) groups is 2. The van der Waals surface area contributed by atoms with E-state index in [1.54, 1.807) is 36.4 Å². The second kappa shape index (κ2) is 8.32. The quantitative estimate of drug-likeness (QED) is 0.697. The molecule has 0 unspecified atom stereocenters. The van der Waals surface area contributed by atoms with Crippen LogP contribution in [-0.4, -0.2) is 23.9 Å². The number of rotatable bonds is 5. The predicted molar refractivity (Wildman–Crippen MR) is 98.7 cm³/mol. The molecule has 4 N–H and O–H groups in total. The second-order valence-corrected chi connectivity index (χ2v) is 6.59. The first-order chi connectivity index (χ1) is 10.7. The lowest BCUT2D eigenvalue weighted by molar-refractivity contribution is 0.0945. The van der Waals surface area contributed by atoms with Gasteiger partial charge >= 0.3 is 0 Å². The largest absolute Gasteiger partial charge is 0.444 e. The Kier molecular flexibility index (Phi) is 7.01. The van der Waals surface area contributed by atoms with Crippen molar-refractivity contribution in [2.24, 2.45) is 5.73 Å². The van der Waals surface area contributed by atoms with Crippen LogP contribution >= 0.6 is 28.3 Å². The molecule has 0 bridgehead atoms. The number of benzene rings is 1. The van der Waals surface area contributed by atoms with Crippen molar-refractivity contribution in [1.82, 2.24) is 5.32 Å². The molecule has 130 valence electrons. The fourth-order valence-electron chi connectivity index (χ4n) is 1.74. The van der Waals surface area contributed by atoms with E-state index in [2.05, 4.69) is 26.6 Å². The average Bonchev–Trinajstić information content (AvgIpc) is 2.91. The fourth-order valence-corrected chi connectivity index (χ4v) is 2.05. The Morgan fingerprint density at radius 2 is 1.75 bits per heavy atom. The Balaban J connectivity index is 0.00000288. The highest BCUT2D eigenvalue weighted by Gasteiger charge is 2.14. The SMILES string of the molecule is CC(C)(N)CNC(=O)c1ccc(NC(=O)c2ccc(Br)o2)cc1.Cl. The number of nitrogens with one attached hydrogen (secondary N) is 2. The Labute approximate surface area is 154 Å². The van der Waals surface area contributed by atoms with E-state index in [-0.39, 0.29) is 30.0 Å². The van der Waals surface area contributed by atoms with E-state index >= 15 is 0 Å². The van der Waals surface area contributed by atoms with Crippen molar-refractivity contribution in [1.29, 1.82) is 0 Å². The minimum Gasteiger partial charge on any atom is -0.444 e. The van der Waals surface area contributed by atoms with Crippen LogP contribution in [0.3, 0.4) is 0 Å². The number of hydrogen-bond donors (Lipinski definition) is 3. The van der Waals surface area contributed by atoms with E-state index in [4.69, 9.17) is 10.2 Å². The first kappa shape index (κ1) is 20.2. The number of furan rings is 1. The molecule has 2 aromatic rings. The molecule has 0 aliphatic carbocycles. The molecule has 0 saturated heterocycles. The van der Waals surface area contributed by atoms with Gasteiger partial charge in [-0.2, -0.15) is 0 Å².